The molecule has 0 saturated heterocycles. The Kier molecular flexibility index (Phi) is 5.12. The molecule has 0 spiro atoms. The van der Waals surface area contributed by atoms with Gasteiger partial charge in [0.05, 0.1) is 5.92 Å². The lowest BCUT2D eigenvalue weighted by Gasteiger charge is -2.18. The first-order chi connectivity index (χ1) is 9.93. The molecule has 0 aliphatic heterocycles. The molecular formula is C16H28N2O3. The summed E-state index contributed by atoms with van der Waals surface area (Å²) in [5, 5.41) is 14.8. The highest BCUT2D eigenvalue weighted by Gasteiger charge is 2.53. The Hall–Kier alpha value is -1.26. The van der Waals surface area contributed by atoms with Gasteiger partial charge in [0, 0.05) is 12.6 Å². The number of carbonyl (C=O) groups is 2. The molecule has 0 heterocycles. The van der Waals surface area contributed by atoms with Crippen LogP contribution in [0.5, 0.6) is 0 Å². The summed E-state index contributed by atoms with van der Waals surface area (Å²) < 4.78 is 0. The van der Waals surface area contributed by atoms with Crippen molar-refractivity contribution in [2.24, 2.45) is 17.3 Å². The zero-order chi connectivity index (χ0) is 15.5. The molecule has 0 aromatic heterocycles. The van der Waals surface area contributed by atoms with E-state index in [0.717, 1.165) is 25.3 Å². The average Bonchev–Trinajstić information content (AvgIpc) is 3.26. The fourth-order valence-electron chi connectivity index (χ4n) is 3.04. The summed E-state index contributed by atoms with van der Waals surface area (Å²) in [7, 11) is 0. The van der Waals surface area contributed by atoms with Crippen LogP contribution in [0.3, 0.4) is 0 Å². The van der Waals surface area contributed by atoms with Gasteiger partial charge in [0.15, 0.2) is 0 Å². The largest absolute Gasteiger partial charge is 0.481 e. The van der Waals surface area contributed by atoms with Crippen LogP contribution in [-0.2, 0) is 4.79 Å². The van der Waals surface area contributed by atoms with Gasteiger partial charge in [-0.05, 0) is 56.8 Å². The first-order valence-corrected chi connectivity index (χ1v) is 8.20. The van der Waals surface area contributed by atoms with E-state index in [-0.39, 0.29) is 18.0 Å². The summed E-state index contributed by atoms with van der Waals surface area (Å²) in [6, 6.07) is 0.00258. The summed E-state index contributed by atoms with van der Waals surface area (Å²) in [6.07, 6.45) is 7.50. The molecule has 2 unspecified atom stereocenters. The lowest BCUT2D eigenvalue weighted by molar-refractivity contribution is -0.141. The van der Waals surface area contributed by atoms with Crippen LogP contribution in [-0.4, -0.2) is 29.7 Å². The maximum absolute atomic E-state index is 11.9. The van der Waals surface area contributed by atoms with Crippen LogP contribution in [0, 0.1) is 17.3 Å². The Morgan fingerprint density at radius 3 is 2.43 bits per heavy atom. The van der Waals surface area contributed by atoms with Gasteiger partial charge in [-0.15, -0.1) is 0 Å². The number of carbonyl (C=O) groups excluding carboxylic acids is 1. The minimum absolute atomic E-state index is 0.0827. The van der Waals surface area contributed by atoms with Gasteiger partial charge in [0.2, 0.25) is 0 Å². The molecule has 2 aliphatic rings. The lowest BCUT2D eigenvalue weighted by Crippen LogP contribution is -2.43. The van der Waals surface area contributed by atoms with Gasteiger partial charge in [0.1, 0.15) is 0 Å². The molecule has 2 aliphatic carbocycles. The average molecular weight is 296 g/mol. The van der Waals surface area contributed by atoms with Crippen molar-refractivity contribution in [1.29, 1.82) is 0 Å². The number of amides is 2. The predicted molar refractivity (Wildman–Crippen MR) is 81.0 cm³/mol. The first-order valence-electron chi connectivity index (χ1n) is 8.20. The number of urea groups is 1. The second kappa shape index (κ2) is 6.67. The number of aliphatic carboxylic acids is 1. The van der Waals surface area contributed by atoms with Crippen molar-refractivity contribution in [3.8, 4) is 0 Å². The Balaban J connectivity index is 1.55. The van der Waals surface area contributed by atoms with Gasteiger partial charge in [0.25, 0.3) is 0 Å². The molecule has 2 saturated carbocycles. The van der Waals surface area contributed by atoms with E-state index >= 15 is 0 Å². The number of hydrogen-bond acceptors (Lipinski definition) is 2. The van der Waals surface area contributed by atoms with Crippen molar-refractivity contribution in [1.82, 2.24) is 10.6 Å². The van der Waals surface area contributed by atoms with E-state index < -0.39 is 5.97 Å². The molecule has 0 aromatic carbocycles. The number of rotatable bonds is 9. The van der Waals surface area contributed by atoms with Gasteiger partial charge in [-0.2, -0.15) is 0 Å². The van der Waals surface area contributed by atoms with Gasteiger partial charge in [-0.25, -0.2) is 4.79 Å². The standard InChI is InChI=1S/C16H28N2O3/c1-11(14(19)20)4-3-5-12(2)18-15(21)17-10-16(8-9-16)13-6-7-13/h11-13H,3-10H2,1-2H3,(H,19,20)(H2,17,18,21). The molecule has 2 atom stereocenters. The van der Waals surface area contributed by atoms with Crippen LogP contribution in [0.4, 0.5) is 4.79 Å². The second-order valence-electron chi connectivity index (χ2n) is 7.03. The molecule has 120 valence electrons. The first kappa shape index (κ1) is 16.1. The van der Waals surface area contributed by atoms with Crippen LogP contribution in [0.2, 0.25) is 0 Å². The van der Waals surface area contributed by atoms with Gasteiger partial charge < -0.3 is 15.7 Å². The smallest absolute Gasteiger partial charge is 0.315 e. The molecule has 2 rings (SSSR count). The van der Waals surface area contributed by atoms with Crippen molar-refractivity contribution in [3.05, 3.63) is 0 Å². The molecule has 0 radical (unpaired) electrons. The molecule has 0 aromatic rings. The molecule has 0 bridgehead atoms. The van der Waals surface area contributed by atoms with Gasteiger partial charge >= 0.3 is 12.0 Å². The zero-order valence-corrected chi connectivity index (χ0v) is 13.2. The lowest BCUT2D eigenvalue weighted by atomic mass is 10.0. The van der Waals surface area contributed by atoms with Crippen LogP contribution in [0.1, 0.15) is 58.8 Å². The van der Waals surface area contributed by atoms with Crippen molar-refractivity contribution >= 4 is 12.0 Å². The van der Waals surface area contributed by atoms with Gasteiger partial charge in [-0.3, -0.25) is 4.79 Å². The molecule has 2 fully saturated rings. The fourth-order valence-corrected chi connectivity index (χ4v) is 3.04. The van der Waals surface area contributed by atoms with Gasteiger partial charge in [-0.1, -0.05) is 13.3 Å². The van der Waals surface area contributed by atoms with E-state index in [4.69, 9.17) is 5.11 Å². The molecule has 3 N–H and O–H groups in total. The predicted octanol–water partition coefficient (Wildman–Crippen LogP) is 2.76. The topological polar surface area (TPSA) is 78.4 Å². The van der Waals surface area contributed by atoms with Crippen molar-refractivity contribution < 1.29 is 14.7 Å². The Morgan fingerprint density at radius 2 is 1.90 bits per heavy atom. The fraction of sp³-hybridized carbons (Fsp3) is 0.875. The summed E-state index contributed by atoms with van der Waals surface area (Å²) in [5.74, 6) is -0.199. The SMILES string of the molecule is CC(CCCC(C)C(=O)O)NC(=O)NCC1(C2CC2)CC1. The molecule has 5 heteroatoms. The third-order valence-electron chi connectivity index (χ3n) is 5.01. The maximum atomic E-state index is 11.9. The third-order valence-corrected chi connectivity index (χ3v) is 5.01. The minimum Gasteiger partial charge on any atom is -0.481 e. The monoisotopic (exact) mass is 296 g/mol. The van der Waals surface area contributed by atoms with E-state index in [0.29, 0.717) is 11.8 Å². The molecule has 2 amide bonds. The highest BCUT2D eigenvalue weighted by molar-refractivity contribution is 5.74. The summed E-state index contributed by atoms with van der Waals surface area (Å²) >= 11 is 0. The summed E-state index contributed by atoms with van der Waals surface area (Å²) in [6.45, 7) is 4.51. The van der Waals surface area contributed by atoms with E-state index in [2.05, 4.69) is 10.6 Å². The Morgan fingerprint density at radius 1 is 1.24 bits per heavy atom. The Bertz CT molecular complexity index is 389. The van der Waals surface area contributed by atoms with Crippen molar-refractivity contribution in [2.75, 3.05) is 6.54 Å². The van der Waals surface area contributed by atoms with Crippen molar-refractivity contribution in [3.63, 3.8) is 0 Å². The zero-order valence-electron chi connectivity index (χ0n) is 13.2. The number of hydrogen-bond donors (Lipinski definition) is 3. The van der Waals surface area contributed by atoms with Crippen LogP contribution < -0.4 is 10.6 Å². The van der Waals surface area contributed by atoms with Crippen LogP contribution >= 0.6 is 0 Å². The van der Waals surface area contributed by atoms with E-state index in [9.17, 15) is 9.59 Å². The highest BCUT2D eigenvalue weighted by Crippen LogP contribution is 2.60. The Labute approximate surface area is 126 Å². The minimum atomic E-state index is -0.747. The summed E-state index contributed by atoms with van der Waals surface area (Å²) in [4.78, 5) is 22.6. The van der Waals surface area contributed by atoms with E-state index in [1.54, 1.807) is 6.92 Å². The van der Waals surface area contributed by atoms with Crippen LogP contribution in [0.25, 0.3) is 0 Å². The van der Waals surface area contributed by atoms with Crippen LogP contribution in [0.15, 0.2) is 0 Å². The maximum Gasteiger partial charge on any atom is 0.315 e. The number of carboxylic acids is 1. The van der Waals surface area contributed by atoms with Crippen molar-refractivity contribution in [2.45, 2.75) is 64.8 Å². The normalized spacial score (nSPS) is 22.2. The third kappa shape index (κ3) is 4.90. The second-order valence-corrected chi connectivity index (χ2v) is 7.03. The molecular weight excluding hydrogens is 268 g/mol. The molecule has 21 heavy (non-hydrogen) atoms. The molecule has 5 nitrogen and oxygen atoms in total. The number of carboxylic acid groups (broad SMARTS) is 1. The van der Waals surface area contributed by atoms with E-state index in [1.165, 1.54) is 25.7 Å². The number of nitrogens with one attached hydrogen (secondary N) is 2. The summed E-state index contributed by atoms with van der Waals surface area (Å²) in [5.41, 5.74) is 0.428. The highest BCUT2D eigenvalue weighted by atomic mass is 16.4. The van der Waals surface area contributed by atoms with E-state index in [1.807, 2.05) is 6.92 Å². The quantitative estimate of drug-likeness (QED) is 0.612.